The molecular weight excluding hydrogens is 338 g/mol. The SMILES string of the molecule is CN(C)c1cccc(C(=O)Nc2ccc3c4c(c(=O)[nH]c3c2)CCCC4)c1. The van der Waals surface area contributed by atoms with Gasteiger partial charge in [0.25, 0.3) is 11.5 Å². The van der Waals surface area contributed by atoms with Crippen LogP contribution in [0.2, 0.25) is 0 Å². The Balaban J connectivity index is 1.66. The Hall–Kier alpha value is -3.08. The zero-order valence-electron chi connectivity index (χ0n) is 15.6. The summed E-state index contributed by atoms with van der Waals surface area (Å²) in [7, 11) is 3.88. The highest BCUT2D eigenvalue weighted by Crippen LogP contribution is 2.27. The third kappa shape index (κ3) is 3.33. The van der Waals surface area contributed by atoms with E-state index in [1.165, 1.54) is 0 Å². The number of carbonyl (C=O) groups excluding carboxylic acids is 1. The second-order valence-corrected chi connectivity index (χ2v) is 7.28. The molecule has 138 valence electrons. The fourth-order valence-electron chi connectivity index (χ4n) is 3.77. The van der Waals surface area contributed by atoms with Gasteiger partial charge in [-0.15, -0.1) is 0 Å². The van der Waals surface area contributed by atoms with Crippen LogP contribution >= 0.6 is 0 Å². The van der Waals surface area contributed by atoms with Crippen molar-refractivity contribution in [3.05, 3.63) is 69.5 Å². The molecule has 1 aromatic heterocycles. The summed E-state index contributed by atoms with van der Waals surface area (Å²) in [6.07, 6.45) is 3.98. The van der Waals surface area contributed by atoms with E-state index in [4.69, 9.17) is 0 Å². The molecule has 0 aliphatic heterocycles. The number of aryl methyl sites for hydroxylation is 1. The zero-order valence-corrected chi connectivity index (χ0v) is 15.6. The summed E-state index contributed by atoms with van der Waals surface area (Å²) in [4.78, 5) is 30.0. The maximum absolute atomic E-state index is 12.6. The van der Waals surface area contributed by atoms with Crippen molar-refractivity contribution in [3.8, 4) is 0 Å². The first-order valence-corrected chi connectivity index (χ1v) is 9.29. The van der Waals surface area contributed by atoms with Crippen LogP contribution in [0.4, 0.5) is 11.4 Å². The summed E-state index contributed by atoms with van der Waals surface area (Å²) in [6, 6.07) is 13.2. The van der Waals surface area contributed by atoms with Gasteiger partial charge in [-0.05, 0) is 61.6 Å². The van der Waals surface area contributed by atoms with Crippen LogP contribution in [0.3, 0.4) is 0 Å². The molecule has 0 spiro atoms. The smallest absolute Gasteiger partial charge is 0.255 e. The monoisotopic (exact) mass is 361 g/mol. The van der Waals surface area contributed by atoms with Gasteiger partial charge in [-0.25, -0.2) is 0 Å². The van der Waals surface area contributed by atoms with Crippen LogP contribution in [-0.2, 0) is 12.8 Å². The lowest BCUT2D eigenvalue weighted by molar-refractivity contribution is 0.102. The van der Waals surface area contributed by atoms with E-state index >= 15 is 0 Å². The van der Waals surface area contributed by atoms with Crippen molar-refractivity contribution in [2.45, 2.75) is 25.7 Å². The van der Waals surface area contributed by atoms with Gasteiger partial charge in [0.15, 0.2) is 0 Å². The summed E-state index contributed by atoms with van der Waals surface area (Å²) in [5, 5.41) is 4.02. The Morgan fingerprint density at radius 3 is 2.59 bits per heavy atom. The van der Waals surface area contributed by atoms with Crippen molar-refractivity contribution in [1.82, 2.24) is 4.98 Å². The molecule has 5 heteroatoms. The quantitative estimate of drug-likeness (QED) is 0.747. The number of amides is 1. The first-order chi connectivity index (χ1) is 13.0. The first kappa shape index (κ1) is 17.3. The number of hydrogen-bond acceptors (Lipinski definition) is 3. The highest BCUT2D eigenvalue weighted by Gasteiger charge is 2.17. The number of nitrogens with zero attached hydrogens (tertiary/aromatic N) is 1. The standard InChI is InChI=1S/C22H23N3O2/c1-25(2)16-7-5-6-14(12-16)21(26)23-15-10-11-18-17-8-3-4-9-19(17)22(27)24-20(18)13-15/h5-7,10-13H,3-4,8-9H2,1-2H3,(H,23,26)(H,24,27). The van der Waals surface area contributed by atoms with Gasteiger partial charge in [0.2, 0.25) is 0 Å². The molecular formula is C22H23N3O2. The molecule has 1 amide bonds. The van der Waals surface area contributed by atoms with E-state index in [1.807, 2.05) is 55.4 Å². The molecule has 4 rings (SSSR count). The molecule has 2 aromatic carbocycles. The molecule has 0 bridgehead atoms. The Kier molecular flexibility index (Phi) is 4.44. The van der Waals surface area contributed by atoms with Gasteiger partial charge in [-0.2, -0.15) is 0 Å². The molecule has 1 aliphatic carbocycles. The molecule has 1 aliphatic rings. The molecule has 0 unspecified atom stereocenters. The van der Waals surface area contributed by atoms with Crippen molar-refractivity contribution >= 4 is 28.2 Å². The maximum Gasteiger partial charge on any atom is 0.255 e. The van der Waals surface area contributed by atoms with Gasteiger partial charge in [0, 0.05) is 42.0 Å². The van der Waals surface area contributed by atoms with E-state index < -0.39 is 0 Å². The summed E-state index contributed by atoms with van der Waals surface area (Å²) >= 11 is 0. The highest BCUT2D eigenvalue weighted by atomic mass is 16.1. The average Bonchev–Trinajstić information content (AvgIpc) is 2.68. The number of anilines is 2. The zero-order chi connectivity index (χ0) is 19.0. The van der Waals surface area contributed by atoms with E-state index in [0.717, 1.165) is 53.4 Å². The number of carbonyl (C=O) groups is 1. The number of rotatable bonds is 3. The van der Waals surface area contributed by atoms with Crippen molar-refractivity contribution in [2.75, 3.05) is 24.3 Å². The Morgan fingerprint density at radius 1 is 1.04 bits per heavy atom. The third-order valence-corrected chi connectivity index (χ3v) is 5.22. The van der Waals surface area contributed by atoms with Crippen LogP contribution in [0.5, 0.6) is 0 Å². The molecule has 0 fully saturated rings. The van der Waals surface area contributed by atoms with Crippen molar-refractivity contribution < 1.29 is 4.79 Å². The van der Waals surface area contributed by atoms with Gasteiger partial charge < -0.3 is 15.2 Å². The minimum absolute atomic E-state index is 0.000592. The Morgan fingerprint density at radius 2 is 1.81 bits per heavy atom. The van der Waals surface area contributed by atoms with Crippen LogP contribution in [0.25, 0.3) is 10.9 Å². The number of fused-ring (bicyclic) bond motifs is 3. The van der Waals surface area contributed by atoms with Crippen LogP contribution in [-0.4, -0.2) is 25.0 Å². The molecule has 3 aromatic rings. The summed E-state index contributed by atoms with van der Waals surface area (Å²) < 4.78 is 0. The topological polar surface area (TPSA) is 65.2 Å². The van der Waals surface area contributed by atoms with Gasteiger partial charge in [-0.1, -0.05) is 12.1 Å². The summed E-state index contributed by atoms with van der Waals surface area (Å²) in [6.45, 7) is 0. The maximum atomic E-state index is 12.6. The number of H-pyrrole nitrogens is 1. The molecule has 2 N–H and O–H groups in total. The molecule has 0 atom stereocenters. The Bertz CT molecular complexity index is 1080. The fraction of sp³-hybridized carbons (Fsp3) is 0.273. The van der Waals surface area contributed by atoms with Crippen molar-refractivity contribution in [3.63, 3.8) is 0 Å². The van der Waals surface area contributed by atoms with Gasteiger partial charge in [-0.3, -0.25) is 9.59 Å². The molecule has 27 heavy (non-hydrogen) atoms. The molecule has 0 radical (unpaired) electrons. The summed E-state index contributed by atoms with van der Waals surface area (Å²) in [5.41, 5.74) is 5.11. The highest BCUT2D eigenvalue weighted by molar-refractivity contribution is 6.05. The van der Waals surface area contributed by atoms with Crippen molar-refractivity contribution in [2.24, 2.45) is 0 Å². The van der Waals surface area contributed by atoms with E-state index in [-0.39, 0.29) is 11.5 Å². The number of aromatic nitrogens is 1. The predicted molar refractivity (Wildman–Crippen MR) is 110 cm³/mol. The minimum atomic E-state index is -0.168. The normalized spacial score (nSPS) is 13.3. The van der Waals surface area contributed by atoms with E-state index in [1.54, 1.807) is 6.07 Å². The lowest BCUT2D eigenvalue weighted by Crippen LogP contribution is -2.19. The largest absolute Gasteiger partial charge is 0.378 e. The lowest BCUT2D eigenvalue weighted by Gasteiger charge is -2.17. The van der Waals surface area contributed by atoms with E-state index in [0.29, 0.717) is 11.3 Å². The van der Waals surface area contributed by atoms with E-state index in [9.17, 15) is 9.59 Å². The molecule has 0 saturated heterocycles. The number of hydrogen-bond donors (Lipinski definition) is 2. The number of pyridine rings is 1. The number of nitrogens with one attached hydrogen (secondary N) is 2. The van der Waals surface area contributed by atoms with Crippen molar-refractivity contribution in [1.29, 1.82) is 0 Å². The molecule has 0 saturated carbocycles. The first-order valence-electron chi connectivity index (χ1n) is 9.29. The fourth-order valence-corrected chi connectivity index (χ4v) is 3.77. The molecule has 1 heterocycles. The lowest BCUT2D eigenvalue weighted by atomic mass is 9.90. The van der Waals surface area contributed by atoms with Gasteiger partial charge in [0.1, 0.15) is 0 Å². The minimum Gasteiger partial charge on any atom is -0.378 e. The van der Waals surface area contributed by atoms with Crippen LogP contribution in [0, 0.1) is 0 Å². The predicted octanol–water partition coefficient (Wildman–Crippen LogP) is 3.73. The number of aromatic amines is 1. The molecule has 5 nitrogen and oxygen atoms in total. The average molecular weight is 361 g/mol. The third-order valence-electron chi connectivity index (χ3n) is 5.22. The van der Waals surface area contributed by atoms with Crippen LogP contribution in [0.1, 0.15) is 34.3 Å². The second kappa shape index (κ2) is 6.91. The van der Waals surface area contributed by atoms with Gasteiger partial charge in [0.05, 0.1) is 5.52 Å². The second-order valence-electron chi connectivity index (χ2n) is 7.28. The van der Waals surface area contributed by atoms with Gasteiger partial charge >= 0.3 is 0 Å². The van der Waals surface area contributed by atoms with Crippen LogP contribution in [0.15, 0.2) is 47.3 Å². The summed E-state index contributed by atoms with van der Waals surface area (Å²) in [5.74, 6) is -0.168. The van der Waals surface area contributed by atoms with Crippen LogP contribution < -0.4 is 15.8 Å². The van der Waals surface area contributed by atoms with E-state index in [2.05, 4.69) is 10.3 Å². The Labute approximate surface area is 158 Å². The number of benzene rings is 2.